The molecule has 1 saturated heterocycles. The summed E-state index contributed by atoms with van der Waals surface area (Å²) in [5, 5.41) is 15.1. The number of halogens is 1. The van der Waals surface area contributed by atoms with E-state index in [4.69, 9.17) is 9.57 Å². The van der Waals surface area contributed by atoms with Crippen LogP contribution in [0, 0.1) is 5.13 Å². The van der Waals surface area contributed by atoms with Crippen molar-refractivity contribution in [1.82, 2.24) is 9.71 Å². The third kappa shape index (κ3) is 6.29. The highest BCUT2D eigenvalue weighted by atomic mass is 32.2. The van der Waals surface area contributed by atoms with E-state index in [0.717, 1.165) is 6.20 Å². The van der Waals surface area contributed by atoms with E-state index in [-0.39, 0.29) is 34.0 Å². The van der Waals surface area contributed by atoms with Crippen LogP contribution in [0.1, 0.15) is 25.3 Å². The molecule has 0 aliphatic carbocycles. The Kier molecular flexibility index (Phi) is 8.26. The Labute approximate surface area is 188 Å². The highest BCUT2D eigenvalue weighted by Crippen LogP contribution is 2.18. The van der Waals surface area contributed by atoms with Crippen LogP contribution in [-0.4, -0.2) is 62.1 Å². The molecule has 0 unspecified atom stereocenters. The van der Waals surface area contributed by atoms with Crippen molar-refractivity contribution in [2.75, 3.05) is 25.1 Å². The molecule has 1 aliphatic heterocycles. The molecule has 1 aromatic heterocycles. The van der Waals surface area contributed by atoms with Gasteiger partial charge in [0.05, 0.1) is 30.9 Å². The Morgan fingerprint density at radius 1 is 1.44 bits per heavy atom. The Morgan fingerprint density at radius 3 is 2.75 bits per heavy atom. The maximum atomic E-state index is 13.2. The number of oxime groups is 1. The van der Waals surface area contributed by atoms with Gasteiger partial charge in [-0.1, -0.05) is 35.5 Å². The number of carbonyl (C=O) groups is 1. The van der Waals surface area contributed by atoms with Crippen molar-refractivity contribution in [2.45, 2.75) is 36.8 Å². The molecule has 1 aromatic carbocycles. The quantitative estimate of drug-likeness (QED) is 0.341. The molecule has 0 saturated carbocycles. The summed E-state index contributed by atoms with van der Waals surface area (Å²) in [5.41, 5.74) is 0.151. The summed E-state index contributed by atoms with van der Waals surface area (Å²) in [5.74, 6) is -0.696. The number of ether oxygens (including phenoxy) is 1. The highest BCUT2D eigenvalue weighted by molar-refractivity contribution is 7.89. The lowest BCUT2D eigenvalue weighted by molar-refractivity contribution is -0.110. The minimum absolute atomic E-state index is 0.0417. The summed E-state index contributed by atoms with van der Waals surface area (Å²) in [6, 6.07) is 4.83. The van der Waals surface area contributed by atoms with E-state index in [1.54, 1.807) is 6.92 Å². The standard InChI is InChI=1S/C19H23FN4O6S2/c1-2-13(10-25)24-32(27,28)15-5-3-12(4-6-15)17(23-30-14-7-8-29-11-14)18(26)22-19-21-9-16(20)31-19/h3-6,9,13-14,24-25H,2,7-8,10-11H2,1H3,(H,21,22,26)/t13-,14-/m1/s1. The molecule has 174 valence electrons. The number of sulfonamides is 1. The molecule has 3 N–H and O–H groups in total. The predicted molar refractivity (Wildman–Crippen MR) is 115 cm³/mol. The fourth-order valence-electron chi connectivity index (χ4n) is 2.75. The molecule has 0 bridgehead atoms. The number of aliphatic hydroxyl groups is 1. The van der Waals surface area contributed by atoms with Gasteiger partial charge in [0.25, 0.3) is 5.91 Å². The molecule has 0 radical (unpaired) electrons. The van der Waals surface area contributed by atoms with Gasteiger partial charge < -0.3 is 14.7 Å². The number of rotatable bonds is 10. The van der Waals surface area contributed by atoms with Gasteiger partial charge in [0, 0.05) is 18.0 Å². The fourth-order valence-corrected chi connectivity index (χ4v) is 4.60. The van der Waals surface area contributed by atoms with E-state index in [1.807, 2.05) is 0 Å². The number of aromatic nitrogens is 1. The third-order valence-electron chi connectivity index (χ3n) is 4.57. The number of nitrogens with zero attached hydrogens (tertiary/aromatic N) is 2. The van der Waals surface area contributed by atoms with Crippen LogP contribution < -0.4 is 10.0 Å². The van der Waals surface area contributed by atoms with Gasteiger partial charge in [-0.2, -0.15) is 4.39 Å². The zero-order valence-corrected chi connectivity index (χ0v) is 18.8. The molecule has 32 heavy (non-hydrogen) atoms. The lowest BCUT2D eigenvalue weighted by Crippen LogP contribution is -2.36. The Hall–Kier alpha value is -2.45. The number of thiazole rings is 1. The number of hydrogen-bond acceptors (Lipinski definition) is 9. The van der Waals surface area contributed by atoms with Gasteiger partial charge in [0.15, 0.2) is 22.1 Å². The number of aliphatic hydroxyl groups excluding tert-OH is 1. The number of amides is 1. The van der Waals surface area contributed by atoms with Crippen molar-refractivity contribution in [3.63, 3.8) is 0 Å². The Bertz CT molecular complexity index is 1050. The predicted octanol–water partition coefficient (Wildman–Crippen LogP) is 1.48. The lowest BCUT2D eigenvalue weighted by atomic mass is 10.1. The second-order valence-corrected chi connectivity index (χ2v) is 9.58. The van der Waals surface area contributed by atoms with Crippen LogP contribution in [0.15, 0.2) is 40.5 Å². The molecular weight excluding hydrogens is 463 g/mol. The molecule has 3 rings (SSSR count). The molecular formula is C19H23FN4O6S2. The molecule has 13 heteroatoms. The monoisotopic (exact) mass is 486 g/mol. The fraction of sp³-hybridized carbons (Fsp3) is 0.421. The SMILES string of the molecule is CC[C@H](CO)NS(=O)(=O)c1ccc(C(=NO[C@@H]2CCOC2)C(=O)Nc2ncc(F)s2)cc1. The van der Waals surface area contributed by atoms with Crippen LogP contribution >= 0.6 is 11.3 Å². The van der Waals surface area contributed by atoms with Crippen LogP contribution in [0.5, 0.6) is 0 Å². The average molecular weight is 487 g/mol. The van der Waals surface area contributed by atoms with Crippen LogP contribution in [0.2, 0.25) is 0 Å². The first-order valence-electron chi connectivity index (χ1n) is 9.80. The van der Waals surface area contributed by atoms with Crippen LogP contribution in [0.25, 0.3) is 0 Å². The van der Waals surface area contributed by atoms with Gasteiger partial charge in [0.2, 0.25) is 10.0 Å². The Morgan fingerprint density at radius 2 is 2.19 bits per heavy atom. The minimum Gasteiger partial charge on any atom is -0.395 e. The van der Waals surface area contributed by atoms with E-state index < -0.39 is 27.1 Å². The van der Waals surface area contributed by atoms with Gasteiger partial charge in [-0.15, -0.1) is 0 Å². The zero-order chi connectivity index (χ0) is 23.1. The zero-order valence-electron chi connectivity index (χ0n) is 17.2. The first kappa shape index (κ1) is 24.2. The maximum Gasteiger partial charge on any atom is 0.280 e. The second kappa shape index (κ2) is 10.9. The van der Waals surface area contributed by atoms with Gasteiger partial charge in [-0.05, 0) is 18.6 Å². The second-order valence-electron chi connectivity index (χ2n) is 6.89. The first-order chi connectivity index (χ1) is 15.3. The third-order valence-corrected chi connectivity index (χ3v) is 6.80. The molecule has 0 spiro atoms. The molecule has 10 nitrogen and oxygen atoms in total. The largest absolute Gasteiger partial charge is 0.395 e. The first-order valence-corrected chi connectivity index (χ1v) is 12.1. The number of hydrogen-bond donors (Lipinski definition) is 3. The normalized spacial score (nSPS) is 17.8. The van der Waals surface area contributed by atoms with Crippen molar-refractivity contribution in [3.05, 3.63) is 41.2 Å². The summed E-state index contributed by atoms with van der Waals surface area (Å²) in [6.07, 6.45) is 1.70. The van der Waals surface area contributed by atoms with E-state index in [1.165, 1.54) is 24.3 Å². The average Bonchev–Trinajstić information content (AvgIpc) is 3.44. The topological polar surface area (TPSA) is 139 Å². The smallest absolute Gasteiger partial charge is 0.280 e. The molecule has 1 amide bonds. The highest BCUT2D eigenvalue weighted by Gasteiger charge is 2.23. The molecule has 1 fully saturated rings. The summed E-state index contributed by atoms with van der Waals surface area (Å²) in [4.78, 5) is 21.9. The maximum absolute atomic E-state index is 13.2. The van der Waals surface area contributed by atoms with E-state index in [9.17, 15) is 22.7 Å². The van der Waals surface area contributed by atoms with E-state index in [2.05, 4.69) is 20.2 Å². The number of anilines is 1. The van der Waals surface area contributed by atoms with Gasteiger partial charge in [-0.25, -0.2) is 18.1 Å². The summed E-state index contributed by atoms with van der Waals surface area (Å²) < 4.78 is 45.9. The van der Waals surface area contributed by atoms with Crippen molar-refractivity contribution < 1.29 is 32.3 Å². The summed E-state index contributed by atoms with van der Waals surface area (Å²) >= 11 is 0.654. The molecule has 1 aliphatic rings. The molecule has 2 heterocycles. The number of carbonyl (C=O) groups excluding carboxylic acids is 1. The molecule has 2 aromatic rings. The van der Waals surface area contributed by atoms with Crippen molar-refractivity contribution in [2.24, 2.45) is 5.16 Å². The van der Waals surface area contributed by atoms with Crippen LogP contribution in [0.3, 0.4) is 0 Å². The van der Waals surface area contributed by atoms with Gasteiger partial charge in [-0.3, -0.25) is 10.1 Å². The van der Waals surface area contributed by atoms with Gasteiger partial charge in [0.1, 0.15) is 0 Å². The molecule has 2 atom stereocenters. The minimum atomic E-state index is -3.87. The van der Waals surface area contributed by atoms with E-state index in [0.29, 0.717) is 37.4 Å². The van der Waals surface area contributed by atoms with Crippen LogP contribution in [-0.2, 0) is 24.4 Å². The Balaban J connectivity index is 1.83. The van der Waals surface area contributed by atoms with Crippen molar-refractivity contribution in [1.29, 1.82) is 0 Å². The number of nitrogens with one attached hydrogen (secondary N) is 2. The van der Waals surface area contributed by atoms with Gasteiger partial charge >= 0.3 is 0 Å². The summed E-state index contributed by atoms with van der Waals surface area (Å²) in [6.45, 7) is 2.27. The van der Waals surface area contributed by atoms with Crippen LogP contribution in [0.4, 0.5) is 9.52 Å². The summed E-state index contributed by atoms with van der Waals surface area (Å²) in [7, 11) is -3.87. The van der Waals surface area contributed by atoms with Crippen molar-refractivity contribution in [3.8, 4) is 0 Å². The van der Waals surface area contributed by atoms with Crippen molar-refractivity contribution >= 4 is 38.1 Å². The lowest BCUT2D eigenvalue weighted by Gasteiger charge is -2.15. The number of benzene rings is 1. The van der Waals surface area contributed by atoms with E-state index >= 15 is 0 Å².